The first-order valence-corrected chi connectivity index (χ1v) is 7.19. The summed E-state index contributed by atoms with van der Waals surface area (Å²) in [5.41, 5.74) is 5.24. The minimum atomic E-state index is -1.25. The lowest BCUT2D eigenvalue weighted by molar-refractivity contribution is -0.139. The molecule has 2 atom stereocenters. The van der Waals surface area contributed by atoms with Crippen LogP contribution >= 0.6 is 11.9 Å². The molecule has 10 nitrogen and oxygen atoms in total. The van der Waals surface area contributed by atoms with Gasteiger partial charge in [0.05, 0.1) is 12.5 Å². The third-order valence-corrected chi connectivity index (χ3v) is 3.19. The van der Waals surface area contributed by atoms with Gasteiger partial charge in [-0.2, -0.15) is 0 Å². The Morgan fingerprint density at radius 1 is 1.14 bits per heavy atom. The summed E-state index contributed by atoms with van der Waals surface area (Å²) in [6.07, 6.45) is -1.02. The zero-order valence-corrected chi connectivity index (χ0v) is 12.4. The Bertz CT molecular complexity index is 443. The number of carboxylic acids is 2. The predicted octanol–water partition coefficient (Wildman–Crippen LogP) is -0.488. The van der Waals surface area contributed by atoms with Crippen molar-refractivity contribution < 1.29 is 29.4 Å². The molecular weight excluding hydrogens is 318 g/mol. The topological polar surface area (TPSA) is 176 Å². The summed E-state index contributed by atoms with van der Waals surface area (Å²) in [7, 11) is 0. The number of amides is 1. The Labute approximate surface area is 129 Å². The van der Waals surface area contributed by atoms with Gasteiger partial charge in [-0.15, -0.1) is 4.91 Å². The molecule has 0 aliphatic carbocycles. The molecule has 0 aromatic carbocycles. The van der Waals surface area contributed by atoms with Crippen LogP contribution in [-0.2, 0) is 19.2 Å². The van der Waals surface area contributed by atoms with Gasteiger partial charge in [0.2, 0.25) is 5.91 Å². The van der Waals surface area contributed by atoms with Gasteiger partial charge in [0.25, 0.3) is 0 Å². The number of carbonyl (C=O) groups is 4. The van der Waals surface area contributed by atoms with E-state index in [0.717, 1.165) is 0 Å². The number of hydrogen-bond acceptors (Lipinski definition) is 8. The normalized spacial score (nSPS) is 13.0. The summed E-state index contributed by atoms with van der Waals surface area (Å²) in [5, 5.41) is 19.4. The van der Waals surface area contributed by atoms with Crippen LogP contribution in [-0.4, -0.2) is 51.7 Å². The summed E-state index contributed by atoms with van der Waals surface area (Å²) in [4.78, 5) is 54.4. The number of hydrogen-bond donors (Lipinski definition) is 4. The molecule has 0 radical (unpaired) electrons. The van der Waals surface area contributed by atoms with E-state index in [1.54, 1.807) is 0 Å². The van der Waals surface area contributed by atoms with E-state index in [9.17, 15) is 24.1 Å². The van der Waals surface area contributed by atoms with Gasteiger partial charge in [-0.1, -0.05) is 0 Å². The van der Waals surface area contributed by atoms with E-state index in [2.05, 4.69) is 9.90 Å². The van der Waals surface area contributed by atoms with Crippen molar-refractivity contribution in [2.24, 2.45) is 10.3 Å². The second kappa shape index (κ2) is 10.7. The molecule has 0 saturated carbocycles. The Kier molecular flexibility index (Phi) is 9.70. The van der Waals surface area contributed by atoms with E-state index in [1.807, 2.05) is 0 Å². The fraction of sp³-hybridized carbons (Fsp3) is 0.636. The Hall–Kier alpha value is -2.01. The van der Waals surface area contributed by atoms with E-state index in [4.69, 9.17) is 15.9 Å². The van der Waals surface area contributed by atoms with Crippen LogP contribution in [0.3, 0.4) is 0 Å². The maximum atomic E-state index is 11.8. The minimum absolute atomic E-state index is 0.115. The number of nitrogens with two attached hydrogens (primary N) is 1. The van der Waals surface area contributed by atoms with E-state index >= 15 is 0 Å². The fourth-order valence-electron chi connectivity index (χ4n) is 1.40. The quantitative estimate of drug-likeness (QED) is 0.271. The highest BCUT2D eigenvalue weighted by Crippen LogP contribution is 2.08. The molecule has 5 N–H and O–H groups in total. The van der Waals surface area contributed by atoms with Crippen molar-refractivity contribution in [1.29, 1.82) is 0 Å². The van der Waals surface area contributed by atoms with Gasteiger partial charge in [0.1, 0.15) is 6.04 Å². The van der Waals surface area contributed by atoms with E-state index in [1.165, 1.54) is 0 Å². The smallest absolute Gasteiger partial charge is 0.320 e. The van der Waals surface area contributed by atoms with Crippen molar-refractivity contribution in [2.45, 2.75) is 37.8 Å². The summed E-state index contributed by atoms with van der Waals surface area (Å²) in [5.74, 6) is -3.69. The highest BCUT2D eigenvalue weighted by atomic mass is 32.2. The van der Waals surface area contributed by atoms with Crippen molar-refractivity contribution in [1.82, 2.24) is 5.32 Å². The number of nitrogens with one attached hydrogen (secondary N) is 1. The number of rotatable bonds is 12. The molecule has 22 heavy (non-hydrogen) atoms. The maximum absolute atomic E-state index is 11.8. The van der Waals surface area contributed by atoms with Crippen LogP contribution in [0, 0.1) is 4.91 Å². The summed E-state index contributed by atoms with van der Waals surface area (Å²) < 4.78 is 2.51. The predicted molar refractivity (Wildman–Crippen MR) is 76.9 cm³/mol. The molecule has 1 unspecified atom stereocenters. The van der Waals surface area contributed by atoms with Gasteiger partial charge in [0.15, 0.2) is 5.78 Å². The molecule has 124 valence electrons. The lowest BCUT2D eigenvalue weighted by Gasteiger charge is -2.16. The second-order valence-corrected chi connectivity index (χ2v) is 5.07. The van der Waals surface area contributed by atoms with Crippen LogP contribution in [0.15, 0.2) is 4.58 Å². The zero-order chi connectivity index (χ0) is 17.1. The fourth-order valence-corrected chi connectivity index (χ4v) is 1.88. The lowest BCUT2D eigenvalue weighted by atomic mass is 10.1. The lowest BCUT2D eigenvalue weighted by Crippen LogP contribution is -2.43. The Morgan fingerprint density at radius 2 is 1.77 bits per heavy atom. The third kappa shape index (κ3) is 9.02. The molecule has 0 rings (SSSR count). The van der Waals surface area contributed by atoms with Crippen LogP contribution in [0.4, 0.5) is 0 Å². The van der Waals surface area contributed by atoms with E-state index in [0.29, 0.717) is 11.9 Å². The van der Waals surface area contributed by atoms with Crippen molar-refractivity contribution >= 4 is 35.6 Å². The zero-order valence-electron chi connectivity index (χ0n) is 11.6. The molecule has 1 amide bonds. The molecule has 0 aromatic heterocycles. The SMILES string of the molecule is NC(CCC(=O)N[C@@H](CSN=O)C(=O)CCC(=O)O)C(=O)O. The molecular formula is C11H17N3O7S. The first kappa shape index (κ1) is 20.0. The third-order valence-electron chi connectivity index (χ3n) is 2.60. The molecule has 11 heteroatoms. The van der Waals surface area contributed by atoms with Crippen LogP contribution in [0.5, 0.6) is 0 Å². The highest BCUT2D eigenvalue weighted by molar-refractivity contribution is 7.97. The molecule has 0 bridgehead atoms. The molecule has 0 heterocycles. The molecule has 0 fully saturated rings. The largest absolute Gasteiger partial charge is 0.481 e. The van der Waals surface area contributed by atoms with Gasteiger partial charge < -0.3 is 21.3 Å². The Balaban J connectivity index is 4.46. The summed E-state index contributed by atoms with van der Waals surface area (Å²) in [6.45, 7) is 0. The van der Waals surface area contributed by atoms with Crippen LogP contribution in [0.1, 0.15) is 25.7 Å². The van der Waals surface area contributed by atoms with Gasteiger partial charge in [0, 0.05) is 35.1 Å². The highest BCUT2D eigenvalue weighted by Gasteiger charge is 2.22. The number of Topliss-reactive ketones (excluding diaryl/α,β-unsaturated/α-hetero) is 1. The van der Waals surface area contributed by atoms with Crippen LogP contribution in [0.25, 0.3) is 0 Å². The average molecular weight is 335 g/mol. The summed E-state index contributed by atoms with van der Waals surface area (Å²) in [6, 6.07) is -2.26. The Morgan fingerprint density at radius 3 is 2.27 bits per heavy atom. The molecule has 0 spiro atoms. The molecule has 0 aliphatic heterocycles. The maximum Gasteiger partial charge on any atom is 0.320 e. The number of carbonyl (C=O) groups excluding carboxylic acids is 2. The van der Waals surface area contributed by atoms with Crippen LogP contribution in [0.2, 0.25) is 0 Å². The minimum Gasteiger partial charge on any atom is -0.481 e. The van der Waals surface area contributed by atoms with Gasteiger partial charge >= 0.3 is 11.9 Å². The van der Waals surface area contributed by atoms with E-state index < -0.39 is 42.1 Å². The first-order valence-electron chi connectivity index (χ1n) is 6.24. The van der Waals surface area contributed by atoms with Gasteiger partial charge in [-0.05, 0) is 6.42 Å². The van der Waals surface area contributed by atoms with Gasteiger partial charge in [-0.25, -0.2) is 0 Å². The second-order valence-electron chi connectivity index (χ2n) is 4.33. The molecule has 0 saturated heterocycles. The van der Waals surface area contributed by atoms with Crippen molar-refractivity contribution in [3.63, 3.8) is 0 Å². The first-order chi connectivity index (χ1) is 10.3. The van der Waals surface area contributed by atoms with Crippen molar-refractivity contribution in [3.8, 4) is 0 Å². The standard InChI is InChI=1S/C11H17N3O7S/c12-6(11(19)20)1-3-9(16)13-7(5-22-14-21)8(15)2-4-10(17)18/h6-7H,1-5,12H2,(H,13,16)(H,17,18)(H,19,20)/t6?,7-/m0/s1. The number of ketones is 1. The summed E-state index contributed by atoms with van der Waals surface area (Å²) >= 11 is 0.518. The number of nitrogens with zero attached hydrogens (tertiary/aromatic N) is 1. The average Bonchev–Trinajstić information content (AvgIpc) is 2.46. The van der Waals surface area contributed by atoms with Crippen molar-refractivity contribution in [3.05, 3.63) is 4.91 Å². The number of nitroso groups, excluding NO2 is 1. The van der Waals surface area contributed by atoms with Crippen LogP contribution < -0.4 is 11.1 Å². The van der Waals surface area contributed by atoms with Crippen molar-refractivity contribution in [2.75, 3.05) is 5.75 Å². The molecule has 0 aliphatic rings. The monoisotopic (exact) mass is 335 g/mol. The molecule has 0 aromatic rings. The number of carboxylic acid groups (broad SMARTS) is 2. The van der Waals surface area contributed by atoms with E-state index in [-0.39, 0.29) is 25.0 Å². The number of aliphatic carboxylic acids is 2. The van der Waals surface area contributed by atoms with Gasteiger partial charge in [-0.3, -0.25) is 19.2 Å².